The van der Waals surface area contributed by atoms with E-state index in [1.807, 2.05) is 0 Å². The highest BCUT2D eigenvalue weighted by molar-refractivity contribution is 5.85. The Hall–Kier alpha value is -2.52. The lowest BCUT2D eigenvalue weighted by molar-refractivity contribution is -0.156. The summed E-state index contributed by atoms with van der Waals surface area (Å²) in [6, 6.07) is -1.21. The van der Waals surface area contributed by atoms with Crippen molar-refractivity contribution in [2.45, 2.75) is 70.7 Å². The normalized spacial score (nSPS) is 19.1. The summed E-state index contributed by atoms with van der Waals surface area (Å²) >= 11 is 0. The van der Waals surface area contributed by atoms with Crippen LogP contribution in [0.25, 0.3) is 0 Å². The molecular weight excluding hydrogens is 368 g/mol. The molecule has 1 aliphatic carbocycles. The Morgan fingerprint density at radius 1 is 1.29 bits per heavy atom. The molecule has 3 N–H and O–H groups in total. The van der Waals surface area contributed by atoms with E-state index < -0.39 is 35.7 Å². The van der Waals surface area contributed by atoms with Crippen molar-refractivity contribution in [2.75, 3.05) is 19.6 Å². The molecular formula is C18H30N4O6. The third-order valence-electron chi connectivity index (χ3n) is 4.13. The van der Waals surface area contributed by atoms with Crippen LogP contribution in [0, 0.1) is 0 Å². The van der Waals surface area contributed by atoms with Crippen LogP contribution in [0.1, 0.15) is 47.0 Å². The zero-order chi connectivity index (χ0) is 20.9. The minimum Gasteiger partial charge on any atom is -0.450 e. The van der Waals surface area contributed by atoms with E-state index in [0.29, 0.717) is 13.1 Å². The van der Waals surface area contributed by atoms with Gasteiger partial charge in [0.1, 0.15) is 5.60 Å². The van der Waals surface area contributed by atoms with Gasteiger partial charge < -0.3 is 30.3 Å². The molecule has 4 amide bonds. The third kappa shape index (κ3) is 7.24. The van der Waals surface area contributed by atoms with Crippen molar-refractivity contribution in [3.8, 4) is 0 Å². The number of hydrogen-bond donors (Lipinski definition) is 3. The predicted octanol–water partition coefficient (Wildman–Crippen LogP) is 0.505. The second-order valence-corrected chi connectivity index (χ2v) is 8.10. The van der Waals surface area contributed by atoms with Gasteiger partial charge in [-0.25, -0.2) is 9.59 Å². The molecule has 0 spiro atoms. The first-order chi connectivity index (χ1) is 13.0. The zero-order valence-electron chi connectivity index (χ0n) is 16.9. The molecule has 158 valence electrons. The maximum Gasteiger partial charge on any atom is 0.408 e. The molecule has 1 saturated heterocycles. The molecule has 2 fully saturated rings. The lowest BCUT2D eigenvalue weighted by Gasteiger charge is -2.34. The Bertz CT molecular complexity index is 614. The van der Waals surface area contributed by atoms with E-state index in [-0.39, 0.29) is 18.6 Å². The fourth-order valence-corrected chi connectivity index (χ4v) is 2.77. The van der Waals surface area contributed by atoms with E-state index in [2.05, 4.69) is 16.0 Å². The molecule has 0 aromatic rings. The van der Waals surface area contributed by atoms with Crippen molar-refractivity contribution >= 4 is 24.0 Å². The second-order valence-electron chi connectivity index (χ2n) is 8.10. The minimum absolute atomic E-state index is 0.00110. The molecule has 1 unspecified atom stereocenters. The SMILES string of the molecule is CC(=O)OC(C(=O)NC1CC1)[C@H](CN1CCCNC1=O)NC(=O)OC(C)(C)C. The Morgan fingerprint density at radius 2 is 1.96 bits per heavy atom. The van der Waals surface area contributed by atoms with Crippen molar-refractivity contribution in [2.24, 2.45) is 0 Å². The van der Waals surface area contributed by atoms with Crippen LogP contribution in [0.5, 0.6) is 0 Å². The summed E-state index contributed by atoms with van der Waals surface area (Å²) in [5, 5.41) is 8.10. The number of alkyl carbamates (subject to hydrolysis) is 1. The lowest BCUT2D eigenvalue weighted by Crippen LogP contribution is -2.60. The van der Waals surface area contributed by atoms with E-state index >= 15 is 0 Å². The third-order valence-corrected chi connectivity index (χ3v) is 4.13. The largest absolute Gasteiger partial charge is 0.450 e. The van der Waals surface area contributed by atoms with Gasteiger partial charge in [0, 0.05) is 32.6 Å². The highest BCUT2D eigenvalue weighted by Crippen LogP contribution is 2.19. The van der Waals surface area contributed by atoms with Gasteiger partial charge in [-0.2, -0.15) is 0 Å². The number of nitrogens with one attached hydrogen (secondary N) is 3. The lowest BCUT2D eigenvalue weighted by atomic mass is 10.1. The zero-order valence-corrected chi connectivity index (χ0v) is 16.9. The highest BCUT2D eigenvalue weighted by atomic mass is 16.6. The predicted molar refractivity (Wildman–Crippen MR) is 99.5 cm³/mol. The Kier molecular flexibility index (Phi) is 7.09. The van der Waals surface area contributed by atoms with Crippen LogP contribution in [0.15, 0.2) is 0 Å². The molecule has 10 heteroatoms. The number of carbonyl (C=O) groups excluding carboxylic acids is 4. The fraction of sp³-hybridized carbons (Fsp3) is 0.778. The molecule has 10 nitrogen and oxygen atoms in total. The van der Waals surface area contributed by atoms with Gasteiger partial charge in [0.25, 0.3) is 5.91 Å². The van der Waals surface area contributed by atoms with Gasteiger partial charge >= 0.3 is 18.1 Å². The van der Waals surface area contributed by atoms with Crippen LogP contribution < -0.4 is 16.0 Å². The standard InChI is InChI=1S/C18H30N4O6/c1-11(23)27-14(15(24)20-12-6-7-12)13(21-17(26)28-18(2,3)4)10-22-9-5-8-19-16(22)25/h12-14H,5-10H2,1-4H3,(H,19,25)(H,20,24)(H,21,26)/t13-,14?/m0/s1. The van der Waals surface area contributed by atoms with Gasteiger partial charge in [0.15, 0.2) is 0 Å². The molecule has 0 aromatic carbocycles. The van der Waals surface area contributed by atoms with E-state index in [1.165, 1.54) is 11.8 Å². The summed E-state index contributed by atoms with van der Waals surface area (Å²) in [5.74, 6) is -1.16. The van der Waals surface area contributed by atoms with Gasteiger partial charge in [-0.05, 0) is 40.0 Å². The Morgan fingerprint density at radius 3 is 2.50 bits per heavy atom. The van der Waals surface area contributed by atoms with Crippen LogP contribution in [-0.4, -0.2) is 72.3 Å². The summed E-state index contributed by atoms with van der Waals surface area (Å²) in [7, 11) is 0. The first-order valence-corrected chi connectivity index (χ1v) is 9.55. The summed E-state index contributed by atoms with van der Waals surface area (Å²) in [6.07, 6.45) is 0.415. The number of rotatable bonds is 7. The van der Waals surface area contributed by atoms with E-state index in [1.54, 1.807) is 20.8 Å². The molecule has 2 rings (SSSR count). The molecule has 0 aromatic heterocycles. The number of carbonyl (C=O) groups is 4. The van der Waals surface area contributed by atoms with Crippen LogP contribution in [-0.2, 0) is 19.1 Å². The molecule has 1 aliphatic heterocycles. The quantitative estimate of drug-likeness (QED) is 0.536. The summed E-state index contributed by atoms with van der Waals surface area (Å²) in [5.41, 5.74) is -0.746. The molecule has 2 atom stereocenters. The first kappa shape index (κ1) is 21.8. The summed E-state index contributed by atoms with van der Waals surface area (Å²) in [4.78, 5) is 50.2. The topological polar surface area (TPSA) is 126 Å². The maximum atomic E-state index is 12.7. The minimum atomic E-state index is -1.28. The van der Waals surface area contributed by atoms with Crippen LogP contribution in [0.3, 0.4) is 0 Å². The molecule has 0 bridgehead atoms. The van der Waals surface area contributed by atoms with Gasteiger partial charge in [0.2, 0.25) is 6.10 Å². The van der Waals surface area contributed by atoms with Crippen molar-refractivity contribution < 1.29 is 28.7 Å². The maximum absolute atomic E-state index is 12.7. The number of hydrogen-bond acceptors (Lipinski definition) is 6. The van der Waals surface area contributed by atoms with Gasteiger partial charge in [-0.15, -0.1) is 0 Å². The monoisotopic (exact) mass is 398 g/mol. The average molecular weight is 398 g/mol. The van der Waals surface area contributed by atoms with Crippen molar-refractivity contribution in [1.82, 2.24) is 20.9 Å². The highest BCUT2D eigenvalue weighted by Gasteiger charge is 2.38. The van der Waals surface area contributed by atoms with Crippen molar-refractivity contribution in [3.05, 3.63) is 0 Å². The molecule has 1 heterocycles. The van der Waals surface area contributed by atoms with Gasteiger partial charge in [-0.3, -0.25) is 9.59 Å². The molecule has 0 radical (unpaired) electrons. The number of ether oxygens (including phenoxy) is 2. The van der Waals surface area contributed by atoms with Crippen molar-refractivity contribution in [1.29, 1.82) is 0 Å². The Balaban J connectivity index is 2.17. The summed E-state index contributed by atoms with van der Waals surface area (Å²) < 4.78 is 10.5. The Labute approximate surface area is 164 Å². The summed E-state index contributed by atoms with van der Waals surface area (Å²) in [6.45, 7) is 7.36. The van der Waals surface area contributed by atoms with E-state index in [9.17, 15) is 19.2 Å². The second kappa shape index (κ2) is 9.11. The molecule has 2 aliphatic rings. The number of amides is 4. The fourth-order valence-electron chi connectivity index (χ4n) is 2.77. The first-order valence-electron chi connectivity index (χ1n) is 9.55. The number of nitrogens with zero attached hydrogens (tertiary/aromatic N) is 1. The van der Waals surface area contributed by atoms with Crippen LogP contribution >= 0.6 is 0 Å². The number of esters is 1. The van der Waals surface area contributed by atoms with E-state index in [0.717, 1.165) is 19.3 Å². The van der Waals surface area contributed by atoms with Gasteiger partial charge in [-0.1, -0.05) is 0 Å². The average Bonchev–Trinajstić information content (AvgIpc) is 3.36. The van der Waals surface area contributed by atoms with Gasteiger partial charge in [0.05, 0.1) is 6.04 Å². The van der Waals surface area contributed by atoms with Crippen molar-refractivity contribution in [3.63, 3.8) is 0 Å². The van der Waals surface area contributed by atoms with E-state index in [4.69, 9.17) is 9.47 Å². The van der Waals surface area contributed by atoms with Crippen LogP contribution in [0.4, 0.5) is 9.59 Å². The van der Waals surface area contributed by atoms with Crippen LogP contribution in [0.2, 0.25) is 0 Å². The smallest absolute Gasteiger partial charge is 0.408 e. The number of urea groups is 1. The molecule has 1 saturated carbocycles. The molecule has 28 heavy (non-hydrogen) atoms.